The highest BCUT2D eigenvalue weighted by atomic mass is 16.5. The van der Waals surface area contributed by atoms with Gasteiger partial charge in [-0.05, 0) is 30.4 Å². The van der Waals surface area contributed by atoms with E-state index < -0.39 is 0 Å². The quantitative estimate of drug-likeness (QED) is 0.556. The zero-order valence-corrected chi connectivity index (χ0v) is 18.0. The summed E-state index contributed by atoms with van der Waals surface area (Å²) in [5.41, 5.74) is 5.27. The highest BCUT2D eigenvalue weighted by molar-refractivity contribution is 6.36. The number of hydrogen-bond donors (Lipinski definition) is 2. The molecule has 1 fully saturated rings. The average molecular weight is 434 g/mol. The lowest BCUT2D eigenvalue weighted by Gasteiger charge is -2.29. The lowest BCUT2D eigenvalue weighted by atomic mass is 9.91. The minimum absolute atomic E-state index is 0.142. The van der Waals surface area contributed by atoms with Gasteiger partial charge in [-0.25, -0.2) is 0 Å². The highest BCUT2D eigenvalue weighted by Gasteiger charge is 2.33. The van der Waals surface area contributed by atoms with E-state index in [1.165, 1.54) is 7.11 Å². The first-order valence-electron chi connectivity index (χ1n) is 10.9. The zero-order chi connectivity index (χ0) is 22.1. The second-order valence-corrected chi connectivity index (χ2v) is 8.32. The van der Waals surface area contributed by atoms with E-state index >= 15 is 0 Å². The highest BCUT2D eigenvalue weighted by Crippen LogP contribution is 2.41. The van der Waals surface area contributed by atoms with Crippen LogP contribution in [0.25, 0.3) is 11.3 Å². The summed E-state index contributed by atoms with van der Waals surface area (Å²) in [4.78, 5) is 25.0. The molecule has 0 bridgehead atoms. The van der Waals surface area contributed by atoms with Gasteiger partial charge in [0.05, 0.1) is 12.7 Å². The Morgan fingerprint density at radius 1 is 1.19 bits per heavy atom. The zero-order valence-electron chi connectivity index (χ0n) is 18.0. The molecule has 7 nitrogen and oxygen atoms in total. The van der Waals surface area contributed by atoms with Crippen LogP contribution >= 0.6 is 0 Å². The molecule has 0 saturated carbocycles. The van der Waals surface area contributed by atoms with Gasteiger partial charge in [0.15, 0.2) is 0 Å². The van der Waals surface area contributed by atoms with E-state index in [4.69, 9.17) is 14.2 Å². The van der Waals surface area contributed by atoms with Gasteiger partial charge in [0.25, 0.3) is 5.91 Å². The van der Waals surface area contributed by atoms with E-state index in [-0.39, 0.29) is 23.8 Å². The molecule has 1 atom stereocenters. The number of methoxy groups -OCH3 is 1. The number of rotatable bonds is 5. The molecule has 1 unspecified atom stereocenters. The fourth-order valence-electron chi connectivity index (χ4n) is 4.72. The molecule has 5 rings (SSSR count). The van der Waals surface area contributed by atoms with Crippen molar-refractivity contribution in [3.05, 3.63) is 64.7 Å². The fourth-order valence-corrected chi connectivity index (χ4v) is 4.72. The molecule has 0 radical (unpaired) electrons. The van der Waals surface area contributed by atoms with Crippen LogP contribution in [0.5, 0.6) is 0 Å². The van der Waals surface area contributed by atoms with E-state index in [0.717, 1.165) is 40.8 Å². The van der Waals surface area contributed by atoms with Gasteiger partial charge in [0.2, 0.25) is 0 Å². The second kappa shape index (κ2) is 8.76. The molecule has 2 aromatic rings. The molecule has 166 valence electrons. The molecule has 0 aromatic heterocycles. The largest absolute Gasteiger partial charge is 0.487 e. The van der Waals surface area contributed by atoms with Crippen molar-refractivity contribution < 1.29 is 23.8 Å². The molecule has 1 saturated heterocycles. The number of hydrogen-bond acceptors (Lipinski definition) is 6. The Morgan fingerprint density at radius 2 is 2.00 bits per heavy atom. The summed E-state index contributed by atoms with van der Waals surface area (Å²) >= 11 is 0. The van der Waals surface area contributed by atoms with E-state index in [2.05, 4.69) is 16.7 Å². The molecular formula is C25H26N2O5. The number of nitrogens with one attached hydrogen (secondary N) is 2. The van der Waals surface area contributed by atoms with Crippen LogP contribution in [0.1, 0.15) is 35.1 Å². The lowest BCUT2D eigenvalue weighted by Crippen LogP contribution is -2.45. The minimum atomic E-state index is -0.357. The molecule has 7 heteroatoms. The van der Waals surface area contributed by atoms with Crippen molar-refractivity contribution in [3.63, 3.8) is 0 Å². The second-order valence-electron chi connectivity index (χ2n) is 8.32. The molecule has 3 heterocycles. The van der Waals surface area contributed by atoms with Crippen LogP contribution in [0.4, 0.5) is 5.69 Å². The van der Waals surface area contributed by atoms with Crippen molar-refractivity contribution in [2.24, 2.45) is 5.92 Å². The SMILES string of the molecule is COC(=O)C(NCc1ccc2c(c1)CO/C2=C1/C(=O)Nc2ccccc21)C1CCOCC1. The summed E-state index contributed by atoms with van der Waals surface area (Å²) in [6.45, 7) is 2.30. The third kappa shape index (κ3) is 3.78. The molecule has 3 aliphatic heterocycles. The summed E-state index contributed by atoms with van der Waals surface area (Å²) in [5, 5.41) is 6.29. The Bertz CT molecular complexity index is 1090. The summed E-state index contributed by atoms with van der Waals surface area (Å²) in [6.07, 6.45) is 1.68. The number of anilines is 1. The van der Waals surface area contributed by atoms with Gasteiger partial charge in [-0.3, -0.25) is 9.59 Å². The molecular weight excluding hydrogens is 408 g/mol. The van der Waals surface area contributed by atoms with E-state index in [1.54, 1.807) is 0 Å². The number of carbonyl (C=O) groups is 2. The standard InChI is InChI=1S/C25H26N2O5/c1-30-25(29)22(16-8-10-31-11-9-16)26-13-15-6-7-18-17(12-15)14-32-23(18)21-19-4-2-3-5-20(19)27-24(21)28/h2-7,12,16,22,26H,8-11,13-14H2,1H3,(H,27,28)/b23-21+. The first kappa shape index (κ1) is 20.7. The van der Waals surface area contributed by atoms with Crippen LogP contribution in [0.15, 0.2) is 42.5 Å². The first-order valence-corrected chi connectivity index (χ1v) is 10.9. The van der Waals surface area contributed by atoms with Crippen molar-refractivity contribution in [2.45, 2.75) is 32.0 Å². The summed E-state index contributed by atoms with van der Waals surface area (Å²) in [5.74, 6) is 0.444. The monoisotopic (exact) mass is 434 g/mol. The molecule has 2 N–H and O–H groups in total. The normalized spacial score (nSPS) is 20.8. The number of amides is 1. The number of para-hydroxylation sites is 1. The van der Waals surface area contributed by atoms with Gasteiger partial charge >= 0.3 is 5.97 Å². The Labute approximate surface area is 186 Å². The number of ether oxygens (including phenoxy) is 3. The Kier molecular flexibility index (Phi) is 5.68. The van der Waals surface area contributed by atoms with Crippen molar-refractivity contribution in [1.82, 2.24) is 5.32 Å². The molecule has 3 aliphatic rings. The first-order chi connectivity index (χ1) is 15.7. The number of esters is 1. The predicted molar refractivity (Wildman–Crippen MR) is 119 cm³/mol. The van der Waals surface area contributed by atoms with Crippen molar-refractivity contribution in [1.29, 1.82) is 0 Å². The van der Waals surface area contributed by atoms with Gasteiger partial charge in [-0.2, -0.15) is 0 Å². The van der Waals surface area contributed by atoms with E-state index in [1.807, 2.05) is 36.4 Å². The molecule has 0 aliphatic carbocycles. The maximum atomic E-state index is 12.6. The topological polar surface area (TPSA) is 85.9 Å². The molecule has 32 heavy (non-hydrogen) atoms. The molecule has 0 spiro atoms. The number of carbonyl (C=O) groups excluding carboxylic acids is 2. The van der Waals surface area contributed by atoms with Crippen molar-refractivity contribution >= 4 is 28.9 Å². The molecule has 1 amide bonds. The van der Waals surface area contributed by atoms with E-state index in [9.17, 15) is 9.59 Å². The summed E-state index contributed by atoms with van der Waals surface area (Å²) in [7, 11) is 1.43. The summed E-state index contributed by atoms with van der Waals surface area (Å²) < 4.78 is 16.4. The van der Waals surface area contributed by atoms with Crippen molar-refractivity contribution in [2.75, 3.05) is 25.6 Å². The Morgan fingerprint density at radius 3 is 2.81 bits per heavy atom. The van der Waals surface area contributed by atoms with Crippen LogP contribution in [0.3, 0.4) is 0 Å². The maximum absolute atomic E-state index is 12.6. The van der Waals surface area contributed by atoms with Gasteiger partial charge in [-0.1, -0.05) is 36.4 Å². The minimum Gasteiger partial charge on any atom is -0.487 e. The smallest absolute Gasteiger partial charge is 0.323 e. The maximum Gasteiger partial charge on any atom is 0.323 e. The van der Waals surface area contributed by atoms with Crippen LogP contribution in [-0.2, 0) is 37.0 Å². The average Bonchev–Trinajstić information content (AvgIpc) is 3.38. The van der Waals surface area contributed by atoms with E-state index in [0.29, 0.717) is 37.7 Å². The van der Waals surface area contributed by atoms with Crippen LogP contribution in [-0.4, -0.2) is 38.2 Å². The number of benzene rings is 2. The van der Waals surface area contributed by atoms with Crippen molar-refractivity contribution in [3.8, 4) is 0 Å². The van der Waals surface area contributed by atoms with Gasteiger partial charge in [0.1, 0.15) is 18.4 Å². The third-order valence-corrected chi connectivity index (χ3v) is 6.40. The lowest BCUT2D eigenvalue weighted by molar-refractivity contribution is -0.145. The van der Waals surface area contributed by atoms with Crippen LogP contribution < -0.4 is 10.6 Å². The van der Waals surface area contributed by atoms with Gasteiger partial charge in [-0.15, -0.1) is 0 Å². The van der Waals surface area contributed by atoms with Gasteiger partial charge in [0, 0.05) is 42.1 Å². The number of fused-ring (bicyclic) bond motifs is 2. The Hall–Kier alpha value is -3.16. The van der Waals surface area contributed by atoms with Crippen LogP contribution in [0.2, 0.25) is 0 Å². The Balaban J connectivity index is 1.36. The third-order valence-electron chi connectivity index (χ3n) is 6.40. The predicted octanol–water partition coefficient (Wildman–Crippen LogP) is 3.10. The molecule has 2 aromatic carbocycles. The van der Waals surface area contributed by atoms with Gasteiger partial charge < -0.3 is 24.8 Å². The fraction of sp³-hybridized carbons (Fsp3) is 0.360. The summed E-state index contributed by atoms with van der Waals surface area (Å²) in [6, 6.07) is 13.4. The van der Waals surface area contributed by atoms with Crippen LogP contribution in [0, 0.1) is 5.92 Å².